The SMILES string of the molecule is CC(O)NC1(CNc2ccc3c(n2)sc2nc(-c4ccc(NC(=O)Nc5cc(C(C)(C)C)on5)cc4)cn23)CC1. The number of thiazole rings is 1. The van der Waals surface area contributed by atoms with Crippen LogP contribution in [0.5, 0.6) is 0 Å². The Morgan fingerprint density at radius 1 is 1.12 bits per heavy atom. The molecule has 1 unspecified atom stereocenters. The Bertz CT molecular complexity index is 1680. The van der Waals surface area contributed by atoms with E-state index in [2.05, 4.69) is 26.4 Å². The third-order valence-corrected chi connectivity index (χ3v) is 7.83. The van der Waals surface area contributed by atoms with E-state index in [-0.39, 0.29) is 11.0 Å². The van der Waals surface area contributed by atoms with Crippen LogP contribution in [-0.4, -0.2) is 49.0 Å². The molecule has 6 rings (SSSR count). The molecule has 1 saturated carbocycles. The quantitative estimate of drug-likeness (QED) is 0.159. The summed E-state index contributed by atoms with van der Waals surface area (Å²) in [6.45, 7) is 8.50. The lowest BCUT2D eigenvalue weighted by molar-refractivity contribution is 0.137. The summed E-state index contributed by atoms with van der Waals surface area (Å²) in [4.78, 5) is 23.8. The van der Waals surface area contributed by atoms with Crippen molar-refractivity contribution in [2.45, 2.75) is 57.7 Å². The number of imidazole rings is 1. The molecule has 0 radical (unpaired) electrons. The van der Waals surface area contributed by atoms with Gasteiger partial charge in [0.25, 0.3) is 0 Å². The Morgan fingerprint density at radius 3 is 2.58 bits per heavy atom. The van der Waals surface area contributed by atoms with E-state index in [0.717, 1.165) is 45.2 Å². The molecular formula is C28H32N8O3S. The first-order valence-corrected chi connectivity index (χ1v) is 14.0. The predicted molar refractivity (Wildman–Crippen MR) is 157 cm³/mol. The second kappa shape index (κ2) is 9.88. The minimum atomic E-state index is -0.529. The van der Waals surface area contributed by atoms with Gasteiger partial charge in [-0.15, -0.1) is 0 Å². The molecule has 0 aliphatic heterocycles. The lowest BCUT2D eigenvalue weighted by Gasteiger charge is -2.20. The van der Waals surface area contributed by atoms with Crippen LogP contribution in [0.25, 0.3) is 26.6 Å². The van der Waals surface area contributed by atoms with Gasteiger partial charge in [-0.3, -0.25) is 15.0 Å². The highest BCUT2D eigenvalue weighted by molar-refractivity contribution is 7.23. The Balaban J connectivity index is 1.10. The van der Waals surface area contributed by atoms with Crippen LogP contribution in [0.2, 0.25) is 0 Å². The van der Waals surface area contributed by atoms with Crippen molar-refractivity contribution in [3.8, 4) is 11.3 Å². The molecule has 1 aromatic carbocycles. The molecule has 5 aromatic rings. The fourth-order valence-corrected chi connectivity index (χ4v) is 5.52. The van der Waals surface area contributed by atoms with Gasteiger partial charge in [-0.2, -0.15) is 0 Å². The molecule has 0 saturated heterocycles. The molecule has 40 heavy (non-hydrogen) atoms. The molecule has 1 atom stereocenters. The maximum atomic E-state index is 12.4. The molecule has 4 aromatic heterocycles. The molecule has 5 N–H and O–H groups in total. The van der Waals surface area contributed by atoms with Gasteiger partial charge >= 0.3 is 6.03 Å². The highest BCUT2D eigenvalue weighted by Gasteiger charge is 2.43. The van der Waals surface area contributed by atoms with Gasteiger partial charge in [-0.1, -0.05) is 49.4 Å². The Morgan fingerprint density at radius 2 is 1.90 bits per heavy atom. The molecular weight excluding hydrogens is 528 g/mol. The van der Waals surface area contributed by atoms with Crippen LogP contribution in [-0.2, 0) is 5.41 Å². The zero-order valence-corrected chi connectivity index (χ0v) is 23.6. The van der Waals surface area contributed by atoms with E-state index in [0.29, 0.717) is 23.8 Å². The van der Waals surface area contributed by atoms with Gasteiger partial charge in [0.1, 0.15) is 22.6 Å². The number of nitrogens with one attached hydrogen (secondary N) is 4. The van der Waals surface area contributed by atoms with Crippen LogP contribution in [0.3, 0.4) is 0 Å². The molecule has 1 aliphatic rings. The van der Waals surface area contributed by atoms with Crippen molar-refractivity contribution in [1.29, 1.82) is 0 Å². The number of nitrogens with zero attached hydrogens (tertiary/aromatic N) is 4. The van der Waals surface area contributed by atoms with Gasteiger partial charge < -0.3 is 20.3 Å². The summed E-state index contributed by atoms with van der Waals surface area (Å²) in [6, 6.07) is 12.9. The van der Waals surface area contributed by atoms with E-state index < -0.39 is 12.3 Å². The number of aliphatic hydroxyl groups is 1. The molecule has 208 valence electrons. The van der Waals surface area contributed by atoms with E-state index in [1.165, 1.54) is 11.3 Å². The smallest absolute Gasteiger partial charge is 0.324 e. The van der Waals surface area contributed by atoms with Gasteiger partial charge in [0.05, 0.1) is 11.2 Å². The zero-order chi connectivity index (χ0) is 28.1. The van der Waals surface area contributed by atoms with Gasteiger partial charge in [-0.25, -0.2) is 14.8 Å². The number of carbonyl (C=O) groups excluding carboxylic acids is 1. The first kappa shape index (κ1) is 26.2. The summed E-state index contributed by atoms with van der Waals surface area (Å²) in [6.07, 6.45) is 3.54. The number of aromatic nitrogens is 4. The number of fused-ring (bicyclic) bond motifs is 3. The van der Waals surface area contributed by atoms with Crippen LogP contribution < -0.4 is 21.3 Å². The fraction of sp³-hybridized carbons (Fsp3) is 0.357. The highest BCUT2D eigenvalue weighted by atomic mass is 32.1. The first-order chi connectivity index (χ1) is 19.1. The van der Waals surface area contributed by atoms with Crippen LogP contribution >= 0.6 is 11.3 Å². The number of benzene rings is 1. The third-order valence-electron chi connectivity index (χ3n) is 6.87. The summed E-state index contributed by atoms with van der Waals surface area (Å²) in [5.74, 6) is 1.86. The number of urea groups is 1. The van der Waals surface area contributed by atoms with E-state index in [1.54, 1.807) is 13.0 Å². The third kappa shape index (κ3) is 5.51. The lowest BCUT2D eigenvalue weighted by atomic mass is 9.93. The van der Waals surface area contributed by atoms with Crippen molar-refractivity contribution in [2.24, 2.45) is 0 Å². The largest absolute Gasteiger partial charge is 0.379 e. The summed E-state index contributed by atoms with van der Waals surface area (Å²) >= 11 is 1.53. The van der Waals surface area contributed by atoms with Crippen LogP contribution in [0.1, 0.15) is 46.3 Å². The van der Waals surface area contributed by atoms with Crippen molar-refractivity contribution >= 4 is 50.0 Å². The molecule has 2 amide bonds. The fourth-order valence-electron chi connectivity index (χ4n) is 4.54. The first-order valence-electron chi connectivity index (χ1n) is 13.2. The Kier molecular flexibility index (Phi) is 6.48. The number of carbonyl (C=O) groups is 1. The number of amides is 2. The monoisotopic (exact) mass is 560 g/mol. The van der Waals surface area contributed by atoms with Crippen molar-refractivity contribution in [3.63, 3.8) is 0 Å². The minimum Gasteiger partial charge on any atom is -0.379 e. The van der Waals surface area contributed by atoms with E-state index in [1.807, 2.05) is 67.8 Å². The molecule has 4 heterocycles. The normalized spacial score (nSPS) is 15.3. The van der Waals surface area contributed by atoms with Gasteiger partial charge in [0, 0.05) is 41.0 Å². The summed E-state index contributed by atoms with van der Waals surface area (Å²) in [5.41, 5.74) is 3.17. The van der Waals surface area contributed by atoms with E-state index in [4.69, 9.17) is 14.5 Å². The number of hydrogen-bond acceptors (Lipinski definition) is 9. The summed E-state index contributed by atoms with van der Waals surface area (Å²) in [5, 5.41) is 25.7. The number of rotatable bonds is 8. The topological polar surface area (TPSA) is 142 Å². The standard InChI is InChI=1S/C28H32N8O3S/c1-16(37)34-28(11-12-28)15-29-22-10-9-20-24(32-22)40-26-31-19(14-36(20)26)17-5-7-18(8-6-17)30-25(38)33-23-13-21(39-35-23)27(2,3)4/h5-10,13-14,16,34,37H,11-12,15H2,1-4H3,(H,29,32)(H2,30,33,35,38). The number of pyridine rings is 1. The zero-order valence-electron chi connectivity index (χ0n) is 22.8. The van der Waals surface area contributed by atoms with Gasteiger partial charge in [0.2, 0.25) is 0 Å². The number of anilines is 3. The van der Waals surface area contributed by atoms with Crippen molar-refractivity contribution < 1.29 is 14.4 Å². The van der Waals surface area contributed by atoms with Crippen LogP contribution in [0.4, 0.5) is 22.1 Å². The van der Waals surface area contributed by atoms with Crippen molar-refractivity contribution in [2.75, 3.05) is 22.5 Å². The van der Waals surface area contributed by atoms with Crippen molar-refractivity contribution in [3.05, 3.63) is 54.4 Å². The van der Waals surface area contributed by atoms with E-state index in [9.17, 15) is 9.90 Å². The highest BCUT2D eigenvalue weighted by Crippen LogP contribution is 2.36. The minimum absolute atomic E-state index is 0.0498. The van der Waals surface area contributed by atoms with E-state index >= 15 is 0 Å². The maximum Gasteiger partial charge on any atom is 0.324 e. The number of aliphatic hydroxyl groups excluding tert-OH is 1. The average molecular weight is 561 g/mol. The number of hydrogen-bond donors (Lipinski definition) is 5. The molecule has 12 heteroatoms. The lowest BCUT2D eigenvalue weighted by Crippen LogP contribution is -2.43. The molecule has 11 nitrogen and oxygen atoms in total. The Labute approximate surface area is 235 Å². The molecule has 0 bridgehead atoms. The van der Waals surface area contributed by atoms with Gasteiger partial charge in [0.15, 0.2) is 10.8 Å². The molecule has 0 spiro atoms. The second-order valence-corrected chi connectivity index (χ2v) is 12.3. The second-order valence-electron chi connectivity index (χ2n) is 11.3. The predicted octanol–water partition coefficient (Wildman–Crippen LogP) is 5.41. The molecule has 1 aliphatic carbocycles. The van der Waals surface area contributed by atoms with Crippen LogP contribution in [0, 0.1) is 0 Å². The maximum absolute atomic E-state index is 12.4. The van der Waals surface area contributed by atoms with Crippen LogP contribution in [0.15, 0.2) is 53.2 Å². The summed E-state index contributed by atoms with van der Waals surface area (Å²) < 4.78 is 7.36. The summed E-state index contributed by atoms with van der Waals surface area (Å²) in [7, 11) is 0. The average Bonchev–Trinajstić information content (AvgIpc) is 3.20. The van der Waals surface area contributed by atoms with Gasteiger partial charge in [-0.05, 0) is 44.0 Å². The van der Waals surface area contributed by atoms with Crippen molar-refractivity contribution in [1.82, 2.24) is 24.8 Å². The molecule has 1 fully saturated rings. The Hall–Kier alpha value is -4.00.